The maximum atomic E-state index is 5.98. The molecular weight excluding hydrogens is 290 g/mol. The topological polar surface area (TPSA) is 60.2 Å². The van der Waals surface area contributed by atoms with Crippen molar-refractivity contribution in [3.63, 3.8) is 0 Å². The largest absolute Gasteiger partial charge is 0.379 e. The minimum absolute atomic E-state index is 0.130. The number of likely N-dealkylation sites (N-methyl/N-ethyl adjacent to an activating group) is 1. The van der Waals surface area contributed by atoms with Crippen molar-refractivity contribution >= 4 is 11.6 Å². The number of aromatic nitrogens is 2. The van der Waals surface area contributed by atoms with Gasteiger partial charge < -0.3 is 14.6 Å². The average Bonchev–Trinajstić information content (AvgIpc) is 3.08. The zero-order chi connectivity index (χ0) is 14.7. The highest BCUT2D eigenvalue weighted by Gasteiger charge is 2.33. The molecule has 0 bridgehead atoms. The summed E-state index contributed by atoms with van der Waals surface area (Å²) in [6.07, 6.45) is 0.615. The molecule has 2 unspecified atom stereocenters. The van der Waals surface area contributed by atoms with Gasteiger partial charge in [-0.05, 0) is 24.2 Å². The Hall–Kier alpha value is -1.43. The molecule has 0 amide bonds. The number of rotatable bonds is 5. The van der Waals surface area contributed by atoms with Gasteiger partial charge in [-0.1, -0.05) is 35.8 Å². The number of hydrogen-bond acceptors (Lipinski definition) is 5. The van der Waals surface area contributed by atoms with Crippen LogP contribution < -0.4 is 5.32 Å². The molecule has 6 heteroatoms. The normalized spacial score (nSPS) is 21.8. The summed E-state index contributed by atoms with van der Waals surface area (Å²) in [4.78, 5) is 4.51. The van der Waals surface area contributed by atoms with E-state index >= 15 is 0 Å². The minimum Gasteiger partial charge on any atom is -0.379 e. The van der Waals surface area contributed by atoms with Crippen LogP contribution in [0, 0.1) is 0 Å². The van der Waals surface area contributed by atoms with Gasteiger partial charge in [0, 0.05) is 17.5 Å². The van der Waals surface area contributed by atoms with Crippen molar-refractivity contribution in [3.8, 4) is 0 Å². The Bertz CT molecular complexity index is 602. The van der Waals surface area contributed by atoms with E-state index < -0.39 is 0 Å². The predicted octanol–water partition coefficient (Wildman–Crippen LogP) is 2.41. The van der Waals surface area contributed by atoms with Crippen molar-refractivity contribution in [1.82, 2.24) is 15.5 Å². The van der Waals surface area contributed by atoms with E-state index in [1.165, 1.54) is 0 Å². The van der Waals surface area contributed by atoms with Crippen molar-refractivity contribution in [3.05, 3.63) is 46.6 Å². The van der Waals surface area contributed by atoms with Crippen LogP contribution in [0.25, 0.3) is 0 Å². The summed E-state index contributed by atoms with van der Waals surface area (Å²) >= 11 is 5.98. The molecule has 2 atom stereocenters. The lowest BCUT2D eigenvalue weighted by molar-refractivity contribution is 0.185. The third kappa shape index (κ3) is 3.43. The van der Waals surface area contributed by atoms with Crippen LogP contribution in [0.1, 0.15) is 30.1 Å². The average molecular weight is 308 g/mol. The van der Waals surface area contributed by atoms with E-state index in [-0.39, 0.29) is 12.0 Å². The van der Waals surface area contributed by atoms with Crippen LogP contribution in [0.15, 0.2) is 28.8 Å². The summed E-state index contributed by atoms with van der Waals surface area (Å²) in [5, 5.41) is 8.17. The number of ether oxygens (including phenoxy) is 1. The van der Waals surface area contributed by atoms with Crippen LogP contribution in [-0.2, 0) is 11.2 Å². The van der Waals surface area contributed by atoms with Crippen LogP contribution in [0.4, 0.5) is 0 Å². The number of halogens is 1. The summed E-state index contributed by atoms with van der Waals surface area (Å²) in [5.74, 6) is 1.45. The first-order valence-corrected chi connectivity index (χ1v) is 7.52. The van der Waals surface area contributed by atoms with Gasteiger partial charge in [-0.2, -0.15) is 4.98 Å². The zero-order valence-corrected chi connectivity index (χ0v) is 12.6. The lowest BCUT2D eigenvalue weighted by atomic mass is 10.0. The SMILES string of the molecule is CCNC1COCC1c1nc(Cc2cccc(Cl)c2)no1. The van der Waals surface area contributed by atoms with Gasteiger partial charge in [0.25, 0.3) is 0 Å². The third-order valence-electron chi connectivity index (χ3n) is 3.60. The van der Waals surface area contributed by atoms with Crippen LogP contribution >= 0.6 is 11.6 Å². The van der Waals surface area contributed by atoms with E-state index in [1.54, 1.807) is 0 Å². The first kappa shape index (κ1) is 14.5. The molecule has 1 fully saturated rings. The van der Waals surface area contributed by atoms with Crippen molar-refractivity contribution in [2.45, 2.75) is 25.3 Å². The first-order chi connectivity index (χ1) is 10.3. The lowest BCUT2D eigenvalue weighted by Crippen LogP contribution is -2.34. The highest BCUT2D eigenvalue weighted by atomic mass is 35.5. The third-order valence-corrected chi connectivity index (χ3v) is 3.83. The Kier molecular flexibility index (Phi) is 4.53. The van der Waals surface area contributed by atoms with Gasteiger partial charge in [-0.15, -0.1) is 0 Å². The fraction of sp³-hybridized carbons (Fsp3) is 0.467. The Balaban J connectivity index is 1.71. The molecule has 2 aromatic rings. The molecule has 1 aromatic carbocycles. The van der Waals surface area contributed by atoms with Gasteiger partial charge in [0.15, 0.2) is 5.82 Å². The van der Waals surface area contributed by atoms with Gasteiger partial charge in [-0.3, -0.25) is 0 Å². The summed E-state index contributed by atoms with van der Waals surface area (Å²) in [7, 11) is 0. The standard InChI is InChI=1S/C15H18ClN3O2/c1-2-17-13-9-20-8-12(13)15-18-14(19-21-15)7-10-4-3-5-11(16)6-10/h3-6,12-13,17H,2,7-9H2,1H3. The van der Waals surface area contributed by atoms with Gasteiger partial charge in [0.2, 0.25) is 5.89 Å². The molecule has 1 aliphatic heterocycles. The van der Waals surface area contributed by atoms with Crippen LogP contribution in [0.5, 0.6) is 0 Å². The number of benzene rings is 1. The Morgan fingerprint density at radius 3 is 3.10 bits per heavy atom. The lowest BCUT2D eigenvalue weighted by Gasteiger charge is -2.13. The number of nitrogens with zero attached hydrogens (tertiary/aromatic N) is 2. The summed E-state index contributed by atoms with van der Waals surface area (Å²) in [5.41, 5.74) is 1.07. The molecule has 2 heterocycles. The van der Waals surface area contributed by atoms with E-state index in [0.29, 0.717) is 36.4 Å². The Morgan fingerprint density at radius 1 is 1.38 bits per heavy atom. The summed E-state index contributed by atoms with van der Waals surface area (Å²) < 4.78 is 10.9. The molecule has 1 aromatic heterocycles. The second kappa shape index (κ2) is 6.56. The maximum absolute atomic E-state index is 5.98. The van der Waals surface area contributed by atoms with Crippen LogP contribution in [-0.4, -0.2) is 35.9 Å². The smallest absolute Gasteiger partial charge is 0.233 e. The molecule has 21 heavy (non-hydrogen) atoms. The van der Waals surface area contributed by atoms with E-state index in [9.17, 15) is 0 Å². The second-order valence-electron chi connectivity index (χ2n) is 5.16. The van der Waals surface area contributed by atoms with E-state index in [4.69, 9.17) is 20.9 Å². The monoisotopic (exact) mass is 307 g/mol. The molecule has 1 N–H and O–H groups in total. The summed E-state index contributed by atoms with van der Waals surface area (Å²) in [6.45, 7) is 4.28. The highest BCUT2D eigenvalue weighted by Crippen LogP contribution is 2.25. The highest BCUT2D eigenvalue weighted by molar-refractivity contribution is 6.30. The molecular formula is C15H18ClN3O2. The fourth-order valence-electron chi connectivity index (χ4n) is 2.58. The fourth-order valence-corrected chi connectivity index (χ4v) is 2.79. The number of hydrogen-bond donors (Lipinski definition) is 1. The minimum atomic E-state index is 0.130. The quantitative estimate of drug-likeness (QED) is 0.919. The molecule has 0 radical (unpaired) electrons. The van der Waals surface area contributed by atoms with Crippen LogP contribution in [0.2, 0.25) is 5.02 Å². The summed E-state index contributed by atoms with van der Waals surface area (Å²) in [6, 6.07) is 7.93. The zero-order valence-electron chi connectivity index (χ0n) is 11.9. The van der Waals surface area contributed by atoms with Crippen molar-refractivity contribution < 1.29 is 9.26 Å². The maximum Gasteiger partial charge on any atom is 0.233 e. The van der Waals surface area contributed by atoms with Crippen molar-refractivity contribution in [2.75, 3.05) is 19.8 Å². The van der Waals surface area contributed by atoms with Crippen molar-refractivity contribution in [2.24, 2.45) is 0 Å². The van der Waals surface area contributed by atoms with Gasteiger partial charge in [0.1, 0.15) is 0 Å². The molecule has 1 aliphatic rings. The van der Waals surface area contributed by atoms with E-state index in [1.807, 2.05) is 24.3 Å². The van der Waals surface area contributed by atoms with Crippen LogP contribution in [0.3, 0.4) is 0 Å². The first-order valence-electron chi connectivity index (χ1n) is 7.14. The molecule has 0 saturated carbocycles. The predicted molar refractivity (Wildman–Crippen MR) is 79.6 cm³/mol. The molecule has 5 nitrogen and oxygen atoms in total. The van der Waals surface area contributed by atoms with E-state index in [0.717, 1.165) is 12.1 Å². The van der Waals surface area contributed by atoms with Gasteiger partial charge in [-0.25, -0.2) is 0 Å². The molecule has 1 saturated heterocycles. The second-order valence-corrected chi connectivity index (χ2v) is 5.60. The van der Waals surface area contributed by atoms with E-state index in [2.05, 4.69) is 22.4 Å². The van der Waals surface area contributed by atoms with Crippen molar-refractivity contribution in [1.29, 1.82) is 0 Å². The van der Waals surface area contributed by atoms with Gasteiger partial charge in [0.05, 0.1) is 19.1 Å². The molecule has 0 aliphatic carbocycles. The Morgan fingerprint density at radius 2 is 2.29 bits per heavy atom. The van der Waals surface area contributed by atoms with Gasteiger partial charge >= 0.3 is 0 Å². The molecule has 0 spiro atoms. The number of nitrogens with one attached hydrogen (secondary N) is 1. The Labute approximate surface area is 128 Å². The molecule has 112 valence electrons. The molecule has 3 rings (SSSR count).